The number of hydrogen-bond acceptors (Lipinski definition) is 0. The average molecular weight is 707 g/mol. The second kappa shape index (κ2) is 15.4. The smallest absolute Gasteiger partial charge is 0.0253 e. The van der Waals surface area contributed by atoms with Crippen LogP contribution in [0.2, 0.25) is 0 Å². The fourth-order valence-corrected chi connectivity index (χ4v) is 9.46. The van der Waals surface area contributed by atoms with Crippen molar-refractivity contribution in [3.05, 3.63) is 161 Å². The molecule has 0 radical (unpaired) electrons. The van der Waals surface area contributed by atoms with Crippen LogP contribution in [0.25, 0.3) is 11.1 Å². The second-order valence-electron chi connectivity index (χ2n) is 13.2. The predicted molar refractivity (Wildman–Crippen MR) is 176 cm³/mol. The van der Waals surface area contributed by atoms with Gasteiger partial charge in [-0.2, -0.15) is 53.1 Å². The van der Waals surface area contributed by atoms with Crippen LogP contribution in [0.5, 0.6) is 0 Å². The Morgan fingerprint density at radius 3 is 1.82 bits per heavy atom. The van der Waals surface area contributed by atoms with Crippen LogP contribution in [0.4, 0.5) is 0 Å². The zero-order chi connectivity index (χ0) is 29.2. The van der Waals surface area contributed by atoms with E-state index in [0.29, 0.717) is 0 Å². The summed E-state index contributed by atoms with van der Waals surface area (Å²) in [5.74, 6) is 5.22. The van der Waals surface area contributed by atoms with Crippen molar-refractivity contribution in [3.8, 4) is 11.1 Å². The molecule has 5 aliphatic carbocycles. The Labute approximate surface area is 297 Å². The zero-order valence-corrected chi connectivity index (χ0v) is 29.9. The third kappa shape index (κ3) is 7.59. The molecule has 4 bridgehead atoms. The summed E-state index contributed by atoms with van der Waals surface area (Å²) in [7, 11) is 0. The molecule has 4 fully saturated rings. The van der Waals surface area contributed by atoms with E-state index in [4.69, 9.17) is 0 Å². The first-order chi connectivity index (χ1) is 21.1. The van der Waals surface area contributed by atoms with Gasteiger partial charge in [0.25, 0.3) is 0 Å². The first kappa shape index (κ1) is 33.9. The quantitative estimate of drug-likeness (QED) is 0.243. The van der Waals surface area contributed by atoms with Crippen LogP contribution >= 0.6 is 0 Å². The van der Waals surface area contributed by atoms with Gasteiger partial charge in [0.05, 0.1) is 0 Å². The van der Waals surface area contributed by atoms with E-state index in [0.717, 1.165) is 36.0 Å². The number of rotatable bonds is 3. The molecule has 10 rings (SSSR count). The van der Waals surface area contributed by atoms with Gasteiger partial charge in [0.15, 0.2) is 0 Å². The summed E-state index contributed by atoms with van der Waals surface area (Å²) in [5.41, 5.74) is 11.3. The van der Waals surface area contributed by atoms with Crippen molar-refractivity contribution in [2.75, 3.05) is 0 Å². The molecule has 0 amide bonds. The van der Waals surface area contributed by atoms with Crippen LogP contribution in [0.1, 0.15) is 71.4 Å². The van der Waals surface area contributed by atoms with E-state index >= 15 is 0 Å². The summed E-state index contributed by atoms with van der Waals surface area (Å²) in [6, 6.07) is 46.4. The fourth-order valence-electron chi connectivity index (χ4n) is 8.64. The van der Waals surface area contributed by atoms with E-state index in [1.807, 2.05) is 6.07 Å². The van der Waals surface area contributed by atoms with Crippen LogP contribution < -0.4 is 24.8 Å². The summed E-state index contributed by atoms with van der Waals surface area (Å²) >= 11 is 1.46. The first-order valence-electron chi connectivity index (χ1n) is 16.1. The molecule has 0 nitrogen and oxygen atoms in total. The third-order valence-corrected chi connectivity index (χ3v) is 11.7. The van der Waals surface area contributed by atoms with Crippen LogP contribution in [0.3, 0.4) is 0 Å². The molecular formula is C42H40Cl2Zr-2. The van der Waals surface area contributed by atoms with Gasteiger partial charge >= 0.3 is 99.2 Å². The van der Waals surface area contributed by atoms with Gasteiger partial charge in [-0.1, -0.05) is 48.2 Å². The van der Waals surface area contributed by atoms with E-state index in [-0.39, 0.29) is 24.8 Å². The van der Waals surface area contributed by atoms with E-state index in [9.17, 15) is 0 Å². The zero-order valence-electron chi connectivity index (χ0n) is 25.9. The van der Waals surface area contributed by atoms with E-state index in [1.165, 1.54) is 66.4 Å². The Morgan fingerprint density at radius 1 is 0.689 bits per heavy atom. The molecule has 4 saturated carbocycles. The SMILES string of the molecule is Cc1cc(C2C3CC4CC(C3)CC2C4)c[cH-]1.[Cl-].[Cl-].[Zr+2]=[C](c1ccccc1)c1ccccc1.[c-]1cccc2c1Cc1ccccc1-2. The Hall–Kier alpha value is -2.44. The van der Waals surface area contributed by atoms with Crippen molar-refractivity contribution in [1.29, 1.82) is 0 Å². The van der Waals surface area contributed by atoms with Crippen molar-refractivity contribution in [2.24, 2.45) is 23.7 Å². The second-order valence-corrected chi connectivity index (χ2v) is 14.4. The van der Waals surface area contributed by atoms with Crippen LogP contribution in [0.15, 0.2) is 121 Å². The maximum absolute atomic E-state index is 3.30. The number of aryl methyl sites for hydroxylation is 1. The van der Waals surface area contributed by atoms with Gasteiger partial charge in [-0.15, -0.1) is 5.56 Å². The normalized spacial score (nSPS) is 22.7. The fraction of sp³-hybridized carbons (Fsp3) is 0.286. The molecule has 0 N–H and O–H groups in total. The molecule has 3 heteroatoms. The van der Waals surface area contributed by atoms with Crippen molar-refractivity contribution < 1.29 is 49.0 Å². The summed E-state index contributed by atoms with van der Waals surface area (Å²) < 4.78 is 1.42. The number of halogens is 2. The minimum atomic E-state index is 0. The Balaban J connectivity index is 0.000000131. The monoisotopic (exact) mass is 704 g/mol. The molecule has 0 unspecified atom stereocenters. The topological polar surface area (TPSA) is 0 Å². The molecule has 0 spiro atoms. The number of hydrogen-bond donors (Lipinski definition) is 0. The average Bonchev–Trinajstić information content (AvgIpc) is 3.65. The molecule has 0 aromatic heterocycles. The van der Waals surface area contributed by atoms with Gasteiger partial charge < -0.3 is 24.8 Å². The third-order valence-electron chi connectivity index (χ3n) is 10.3. The Bertz CT molecular complexity index is 1570. The minimum absolute atomic E-state index is 0. The Morgan fingerprint density at radius 2 is 1.24 bits per heavy atom. The number of fused-ring (bicyclic) bond motifs is 3. The largest absolute Gasteiger partial charge is 0.179 e. The van der Waals surface area contributed by atoms with Crippen LogP contribution in [-0.2, 0) is 30.7 Å². The minimum Gasteiger partial charge on any atom is -0.179 e. The Kier molecular flexibility index (Phi) is 11.6. The molecule has 5 aliphatic rings. The summed E-state index contributed by atoms with van der Waals surface area (Å²) in [5, 5.41) is 0. The van der Waals surface area contributed by atoms with Crippen molar-refractivity contribution in [1.82, 2.24) is 0 Å². The summed E-state index contributed by atoms with van der Waals surface area (Å²) in [4.78, 5) is 0. The predicted octanol–water partition coefficient (Wildman–Crippen LogP) is 4.12. The molecular weight excluding hydrogens is 667 g/mol. The van der Waals surface area contributed by atoms with E-state index in [1.54, 1.807) is 37.7 Å². The van der Waals surface area contributed by atoms with Crippen LogP contribution in [0, 0.1) is 36.7 Å². The van der Waals surface area contributed by atoms with Crippen molar-refractivity contribution >= 4 is 3.21 Å². The maximum atomic E-state index is 3.30. The molecule has 5 aromatic carbocycles. The molecule has 0 atom stereocenters. The summed E-state index contributed by atoms with van der Waals surface area (Å²) in [6.45, 7) is 2.24. The maximum Gasteiger partial charge on any atom is -0.0253 e. The van der Waals surface area contributed by atoms with Gasteiger partial charge in [-0.25, -0.2) is 6.07 Å². The van der Waals surface area contributed by atoms with E-state index in [2.05, 4.69) is 128 Å². The van der Waals surface area contributed by atoms with Gasteiger partial charge in [0.1, 0.15) is 0 Å². The molecule has 0 saturated heterocycles. The first-order valence-corrected chi connectivity index (χ1v) is 17.4. The van der Waals surface area contributed by atoms with Crippen molar-refractivity contribution in [2.45, 2.75) is 51.4 Å². The van der Waals surface area contributed by atoms with Gasteiger partial charge in [-0.3, -0.25) is 0 Å². The standard InChI is InChI=1S/C16H21.C13H9.C13H10.2ClH.Zr/c1-10-2-3-13(4-10)16-14-6-11-5-12(8-14)9-15(16)7-11;1-3-7-12-10(5-1)9-11-6-2-4-8-13(11)12;1-3-7-12(8-4-1)11-13-9-5-2-6-10-13;;;/h2-4,11-12,14-16H,5-9H2,1H3;1-5,7-8H,9H2;1-10H;2*1H;/q2*-1;;;;+2/p-2. The molecule has 0 heterocycles. The van der Waals surface area contributed by atoms with Crippen molar-refractivity contribution in [3.63, 3.8) is 0 Å². The van der Waals surface area contributed by atoms with Gasteiger partial charge in [0.2, 0.25) is 0 Å². The molecule has 5 aromatic rings. The summed E-state index contributed by atoms with van der Waals surface area (Å²) in [6.07, 6.45) is 8.79. The van der Waals surface area contributed by atoms with Crippen LogP contribution in [-0.4, -0.2) is 3.21 Å². The van der Waals surface area contributed by atoms with E-state index < -0.39 is 0 Å². The molecule has 45 heavy (non-hydrogen) atoms. The number of benzene rings is 4. The molecule has 0 aliphatic heterocycles. The van der Waals surface area contributed by atoms with Gasteiger partial charge in [-0.05, 0) is 62.2 Å². The van der Waals surface area contributed by atoms with Gasteiger partial charge in [0, 0.05) is 0 Å². The molecule has 228 valence electrons.